The van der Waals surface area contributed by atoms with Crippen molar-refractivity contribution in [2.75, 3.05) is 0 Å². The maximum Gasteiger partial charge on any atom is 0.164 e. The van der Waals surface area contributed by atoms with Crippen LogP contribution in [0.2, 0.25) is 0 Å². The molecule has 220 valence electrons. The number of hydrogen-bond acceptors (Lipinski definition) is 5. The highest BCUT2D eigenvalue weighted by Gasteiger charge is 2.15. The van der Waals surface area contributed by atoms with Crippen LogP contribution in [0.1, 0.15) is 0 Å². The Labute approximate surface area is 275 Å². The van der Waals surface area contributed by atoms with Crippen LogP contribution in [0.25, 0.3) is 87.6 Å². The lowest BCUT2D eigenvalue weighted by Crippen LogP contribution is -2.00. The molecule has 0 saturated carbocycles. The van der Waals surface area contributed by atoms with Crippen LogP contribution in [0.3, 0.4) is 0 Å². The van der Waals surface area contributed by atoms with Crippen molar-refractivity contribution < 1.29 is 0 Å². The fraction of sp³-hybridized carbons (Fsp3) is 0. The summed E-state index contributed by atoms with van der Waals surface area (Å²) in [5.74, 6) is 1.93. The van der Waals surface area contributed by atoms with Gasteiger partial charge in [0.2, 0.25) is 0 Å². The molecule has 0 N–H and O–H groups in total. The van der Waals surface area contributed by atoms with E-state index in [-0.39, 0.29) is 0 Å². The number of fused-ring (bicyclic) bond motifs is 5. The fourth-order valence-corrected chi connectivity index (χ4v) is 7.16. The molecule has 2 aromatic heterocycles. The molecule has 0 unspecified atom stereocenters. The first-order valence-electron chi connectivity index (χ1n) is 15.6. The van der Waals surface area contributed by atoms with Crippen LogP contribution in [0.4, 0.5) is 0 Å². The summed E-state index contributed by atoms with van der Waals surface area (Å²) < 4.78 is 1.18. The summed E-state index contributed by atoms with van der Waals surface area (Å²) in [6.45, 7) is 0. The van der Waals surface area contributed by atoms with Gasteiger partial charge >= 0.3 is 0 Å². The van der Waals surface area contributed by atoms with Crippen molar-refractivity contribution in [3.05, 3.63) is 158 Å². The van der Waals surface area contributed by atoms with E-state index in [1.54, 1.807) is 11.3 Å². The van der Waals surface area contributed by atoms with Gasteiger partial charge < -0.3 is 0 Å². The quantitative estimate of drug-likeness (QED) is 0.180. The smallest absolute Gasteiger partial charge is 0.164 e. The van der Waals surface area contributed by atoms with Crippen molar-refractivity contribution in [2.45, 2.75) is 0 Å². The van der Waals surface area contributed by atoms with Gasteiger partial charge in [-0.3, -0.25) is 0 Å². The Hall–Kier alpha value is -6.04. The van der Waals surface area contributed by atoms with Crippen LogP contribution in [0.5, 0.6) is 0 Å². The average molecular weight is 619 g/mol. The Kier molecular flexibility index (Phi) is 6.61. The van der Waals surface area contributed by atoms with Crippen LogP contribution < -0.4 is 0 Å². The SMILES string of the molecule is c1ccc(-c2ccc(-c3nc(-c4ccccc4)nc(-c4ccc5c(ccc6ccc7sc(-c8ccccc8)nc7c65)c4)n3)cc2)cc1. The zero-order valence-corrected chi connectivity index (χ0v) is 26.0. The van der Waals surface area contributed by atoms with Crippen LogP contribution in [0, 0.1) is 0 Å². The molecule has 2 heterocycles. The van der Waals surface area contributed by atoms with Crippen molar-refractivity contribution in [3.8, 4) is 55.9 Å². The zero-order chi connectivity index (χ0) is 31.2. The molecule has 0 atom stereocenters. The van der Waals surface area contributed by atoms with E-state index in [0.29, 0.717) is 17.5 Å². The summed E-state index contributed by atoms with van der Waals surface area (Å²) in [6.07, 6.45) is 0. The van der Waals surface area contributed by atoms with Gasteiger partial charge in [-0.25, -0.2) is 19.9 Å². The van der Waals surface area contributed by atoms with E-state index >= 15 is 0 Å². The lowest BCUT2D eigenvalue weighted by Gasteiger charge is -2.10. The van der Waals surface area contributed by atoms with E-state index in [2.05, 4.69) is 115 Å². The predicted molar refractivity (Wildman–Crippen MR) is 195 cm³/mol. The van der Waals surface area contributed by atoms with Gasteiger partial charge in [-0.05, 0) is 39.4 Å². The number of nitrogens with zero attached hydrogens (tertiary/aromatic N) is 4. The largest absolute Gasteiger partial charge is 0.235 e. The normalized spacial score (nSPS) is 11.4. The number of benzene rings is 7. The minimum Gasteiger partial charge on any atom is -0.235 e. The van der Waals surface area contributed by atoms with Crippen molar-refractivity contribution in [1.29, 1.82) is 0 Å². The van der Waals surface area contributed by atoms with E-state index in [4.69, 9.17) is 19.9 Å². The summed E-state index contributed by atoms with van der Waals surface area (Å²) in [7, 11) is 0. The highest BCUT2D eigenvalue weighted by Crippen LogP contribution is 2.38. The summed E-state index contributed by atoms with van der Waals surface area (Å²) in [5.41, 5.74) is 7.34. The molecule has 9 rings (SSSR count). The first-order chi connectivity index (χ1) is 23.3. The standard InChI is InChI=1S/C42H26N4S/c1-4-10-27(11-5-1)28-16-19-31(20-17-28)40-44-39(30-12-6-2-7-13-30)45-41(46-40)34-22-24-35-33(26-34)21-18-29-23-25-36-38(37(29)35)43-42(47-36)32-14-8-3-9-15-32/h1-26H. The first kappa shape index (κ1) is 27.3. The van der Waals surface area contributed by atoms with E-state index in [1.807, 2.05) is 42.5 Å². The monoisotopic (exact) mass is 618 g/mol. The van der Waals surface area contributed by atoms with Gasteiger partial charge in [-0.2, -0.15) is 0 Å². The Morgan fingerprint density at radius 2 is 0.851 bits per heavy atom. The number of hydrogen-bond donors (Lipinski definition) is 0. The molecule has 9 aromatic rings. The molecule has 0 bridgehead atoms. The third kappa shape index (κ3) is 5.03. The minimum absolute atomic E-state index is 0.640. The molecule has 4 nitrogen and oxygen atoms in total. The van der Waals surface area contributed by atoms with Crippen LogP contribution in [0.15, 0.2) is 158 Å². The topological polar surface area (TPSA) is 51.6 Å². The third-order valence-corrected chi connectivity index (χ3v) is 9.62. The predicted octanol–water partition coefficient (Wildman–Crippen LogP) is 11.1. The molecule has 5 heteroatoms. The molecular formula is C42H26N4S. The molecule has 7 aromatic carbocycles. The van der Waals surface area contributed by atoms with Gasteiger partial charge in [0.25, 0.3) is 0 Å². The van der Waals surface area contributed by atoms with Crippen molar-refractivity contribution >= 4 is 43.1 Å². The maximum atomic E-state index is 5.14. The Morgan fingerprint density at radius 3 is 1.53 bits per heavy atom. The molecule has 0 aliphatic rings. The second-order valence-corrected chi connectivity index (χ2v) is 12.5. The van der Waals surface area contributed by atoms with Crippen LogP contribution in [-0.2, 0) is 0 Å². The van der Waals surface area contributed by atoms with Crippen LogP contribution >= 0.6 is 11.3 Å². The van der Waals surface area contributed by atoms with E-state index in [9.17, 15) is 0 Å². The molecule has 0 amide bonds. The van der Waals surface area contributed by atoms with Gasteiger partial charge in [0.1, 0.15) is 5.01 Å². The average Bonchev–Trinajstić information content (AvgIpc) is 3.60. The zero-order valence-electron chi connectivity index (χ0n) is 25.2. The fourth-order valence-electron chi connectivity index (χ4n) is 6.18. The summed E-state index contributed by atoms with van der Waals surface area (Å²) in [5, 5.41) is 5.66. The highest BCUT2D eigenvalue weighted by molar-refractivity contribution is 7.21. The number of aromatic nitrogens is 4. The Morgan fingerprint density at radius 1 is 0.362 bits per heavy atom. The molecule has 47 heavy (non-hydrogen) atoms. The summed E-state index contributed by atoms with van der Waals surface area (Å²) in [6, 6.07) is 54.6. The van der Waals surface area contributed by atoms with Crippen molar-refractivity contribution in [3.63, 3.8) is 0 Å². The molecule has 0 radical (unpaired) electrons. The second-order valence-electron chi connectivity index (χ2n) is 11.5. The number of thiazole rings is 1. The molecule has 0 spiro atoms. The molecule has 0 aliphatic heterocycles. The molecule has 0 saturated heterocycles. The number of rotatable bonds is 5. The minimum atomic E-state index is 0.640. The summed E-state index contributed by atoms with van der Waals surface area (Å²) >= 11 is 1.73. The van der Waals surface area contributed by atoms with E-state index in [0.717, 1.165) is 49.1 Å². The van der Waals surface area contributed by atoms with Crippen molar-refractivity contribution in [1.82, 2.24) is 19.9 Å². The lowest BCUT2D eigenvalue weighted by atomic mass is 9.99. The lowest BCUT2D eigenvalue weighted by molar-refractivity contribution is 1.07. The van der Waals surface area contributed by atoms with Gasteiger partial charge in [0, 0.05) is 27.6 Å². The first-order valence-corrected chi connectivity index (χ1v) is 16.4. The maximum absolute atomic E-state index is 5.14. The molecule has 0 fully saturated rings. The third-order valence-electron chi connectivity index (χ3n) is 8.55. The van der Waals surface area contributed by atoms with Crippen molar-refractivity contribution in [2.24, 2.45) is 0 Å². The van der Waals surface area contributed by atoms with Gasteiger partial charge in [-0.1, -0.05) is 146 Å². The van der Waals surface area contributed by atoms with E-state index in [1.165, 1.54) is 21.0 Å². The van der Waals surface area contributed by atoms with Gasteiger partial charge in [0.15, 0.2) is 17.5 Å². The molecule has 0 aliphatic carbocycles. The Bertz CT molecular complexity index is 2540. The Balaban J connectivity index is 1.17. The molecular weight excluding hydrogens is 593 g/mol. The summed E-state index contributed by atoms with van der Waals surface area (Å²) in [4.78, 5) is 20.1. The highest BCUT2D eigenvalue weighted by atomic mass is 32.1. The van der Waals surface area contributed by atoms with E-state index < -0.39 is 0 Å². The van der Waals surface area contributed by atoms with Gasteiger partial charge in [0.05, 0.1) is 10.2 Å². The second kappa shape index (κ2) is 11.4. The van der Waals surface area contributed by atoms with Gasteiger partial charge in [-0.15, -0.1) is 11.3 Å². The van der Waals surface area contributed by atoms with Crippen LogP contribution in [-0.4, -0.2) is 19.9 Å².